The second-order valence-electron chi connectivity index (χ2n) is 4.66. The lowest BCUT2D eigenvalue weighted by Gasteiger charge is -2.03. The predicted octanol–water partition coefficient (Wildman–Crippen LogP) is 2.51. The van der Waals surface area contributed by atoms with Gasteiger partial charge in [-0.2, -0.15) is 0 Å². The SMILES string of the molecule is Cc1ccnc2sc(C(=O)NCc3ccccn3)c(N)c12. The van der Waals surface area contributed by atoms with Crippen molar-refractivity contribution >= 4 is 33.1 Å². The number of nitrogens with two attached hydrogens (primary N) is 1. The highest BCUT2D eigenvalue weighted by atomic mass is 32.1. The molecule has 0 saturated carbocycles. The smallest absolute Gasteiger partial charge is 0.263 e. The molecule has 0 radical (unpaired) electrons. The molecule has 0 fully saturated rings. The van der Waals surface area contributed by atoms with Crippen LogP contribution in [0.15, 0.2) is 36.7 Å². The van der Waals surface area contributed by atoms with Crippen molar-refractivity contribution in [3.63, 3.8) is 0 Å². The van der Waals surface area contributed by atoms with Crippen LogP contribution in [0.4, 0.5) is 5.69 Å². The molecule has 3 aromatic heterocycles. The molecule has 0 spiro atoms. The Balaban J connectivity index is 1.85. The summed E-state index contributed by atoms with van der Waals surface area (Å²) in [7, 11) is 0. The first kappa shape index (κ1) is 13.5. The van der Waals surface area contributed by atoms with Crippen LogP contribution in [0.3, 0.4) is 0 Å². The van der Waals surface area contributed by atoms with Gasteiger partial charge in [0, 0.05) is 17.8 Å². The number of nitrogens with one attached hydrogen (secondary N) is 1. The van der Waals surface area contributed by atoms with Gasteiger partial charge in [0.25, 0.3) is 5.91 Å². The van der Waals surface area contributed by atoms with Gasteiger partial charge in [0.15, 0.2) is 0 Å². The van der Waals surface area contributed by atoms with Crippen molar-refractivity contribution in [3.05, 3.63) is 52.8 Å². The molecule has 1 amide bonds. The molecule has 3 heterocycles. The van der Waals surface area contributed by atoms with Gasteiger partial charge < -0.3 is 11.1 Å². The molecule has 6 heteroatoms. The van der Waals surface area contributed by atoms with Crippen LogP contribution in [-0.4, -0.2) is 15.9 Å². The number of fused-ring (bicyclic) bond motifs is 1. The van der Waals surface area contributed by atoms with E-state index in [1.807, 2.05) is 31.2 Å². The Labute approximate surface area is 125 Å². The van der Waals surface area contributed by atoms with Gasteiger partial charge in [-0.25, -0.2) is 4.98 Å². The van der Waals surface area contributed by atoms with Crippen molar-refractivity contribution in [2.75, 3.05) is 5.73 Å². The second kappa shape index (κ2) is 5.49. The van der Waals surface area contributed by atoms with Gasteiger partial charge in [0.05, 0.1) is 17.9 Å². The number of hydrogen-bond acceptors (Lipinski definition) is 5. The Kier molecular flexibility index (Phi) is 3.53. The Morgan fingerprint density at radius 2 is 2.14 bits per heavy atom. The number of anilines is 1. The lowest BCUT2D eigenvalue weighted by atomic mass is 10.2. The molecule has 0 aromatic carbocycles. The van der Waals surface area contributed by atoms with Gasteiger partial charge in [0.1, 0.15) is 9.71 Å². The number of hydrogen-bond donors (Lipinski definition) is 2. The van der Waals surface area contributed by atoms with E-state index in [9.17, 15) is 4.79 Å². The van der Waals surface area contributed by atoms with E-state index in [1.165, 1.54) is 11.3 Å². The fourth-order valence-electron chi connectivity index (χ4n) is 2.13. The van der Waals surface area contributed by atoms with E-state index in [-0.39, 0.29) is 5.91 Å². The van der Waals surface area contributed by atoms with Crippen LogP contribution in [0, 0.1) is 6.92 Å². The molecule has 0 saturated heterocycles. The zero-order valence-corrected chi connectivity index (χ0v) is 12.3. The molecular formula is C15H14N4OS. The number of aryl methyl sites for hydroxylation is 1. The third-order valence-electron chi connectivity index (χ3n) is 3.20. The fraction of sp³-hybridized carbons (Fsp3) is 0.133. The Morgan fingerprint density at radius 3 is 2.86 bits per heavy atom. The van der Waals surface area contributed by atoms with Crippen molar-refractivity contribution in [2.45, 2.75) is 13.5 Å². The minimum Gasteiger partial charge on any atom is -0.397 e. The zero-order valence-electron chi connectivity index (χ0n) is 11.5. The quantitative estimate of drug-likeness (QED) is 0.778. The van der Waals surface area contributed by atoms with E-state index in [4.69, 9.17) is 5.73 Å². The predicted molar refractivity (Wildman–Crippen MR) is 84.2 cm³/mol. The zero-order chi connectivity index (χ0) is 14.8. The highest BCUT2D eigenvalue weighted by molar-refractivity contribution is 7.21. The average molecular weight is 298 g/mol. The van der Waals surface area contributed by atoms with E-state index >= 15 is 0 Å². The third kappa shape index (κ3) is 2.57. The Bertz CT molecular complexity index is 798. The van der Waals surface area contributed by atoms with Gasteiger partial charge in [-0.1, -0.05) is 6.07 Å². The van der Waals surface area contributed by atoms with Gasteiger partial charge in [-0.15, -0.1) is 11.3 Å². The standard InChI is InChI=1S/C15H14N4OS/c1-9-5-7-18-15-11(9)12(16)13(21-15)14(20)19-8-10-4-2-3-6-17-10/h2-7H,8,16H2,1H3,(H,19,20). The number of aromatic nitrogens is 2. The Hall–Kier alpha value is -2.47. The van der Waals surface area contributed by atoms with Crippen molar-refractivity contribution < 1.29 is 4.79 Å². The van der Waals surface area contributed by atoms with Crippen LogP contribution in [-0.2, 0) is 6.54 Å². The molecule has 3 rings (SSSR count). The summed E-state index contributed by atoms with van der Waals surface area (Å²) in [5, 5.41) is 3.70. The summed E-state index contributed by atoms with van der Waals surface area (Å²) in [6, 6.07) is 7.47. The van der Waals surface area contributed by atoms with Gasteiger partial charge in [-0.3, -0.25) is 9.78 Å². The Morgan fingerprint density at radius 1 is 1.29 bits per heavy atom. The van der Waals surface area contributed by atoms with E-state index < -0.39 is 0 Å². The van der Waals surface area contributed by atoms with Gasteiger partial charge in [0.2, 0.25) is 0 Å². The van der Waals surface area contributed by atoms with E-state index in [1.54, 1.807) is 12.4 Å². The maximum atomic E-state index is 12.3. The summed E-state index contributed by atoms with van der Waals surface area (Å²) in [4.78, 5) is 22.0. The fourth-order valence-corrected chi connectivity index (χ4v) is 3.18. The molecule has 0 aliphatic rings. The highest BCUT2D eigenvalue weighted by Crippen LogP contribution is 2.34. The third-order valence-corrected chi connectivity index (χ3v) is 4.31. The monoisotopic (exact) mass is 298 g/mol. The molecule has 5 nitrogen and oxygen atoms in total. The molecule has 3 N–H and O–H groups in total. The number of carbonyl (C=O) groups is 1. The number of amides is 1. The molecule has 0 unspecified atom stereocenters. The molecule has 0 bridgehead atoms. The van der Waals surface area contributed by atoms with Crippen LogP contribution >= 0.6 is 11.3 Å². The highest BCUT2D eigenvalue weighted by Gasteiger charge is 2.18. The lowest BCUT2D eigenvalue weighted by molar-refractivity contribution is 0.0955. The number of nitrogens with zero attached hydrogens (tertiary/aromatic N) is 2. The number of nitrogen functional groups attached to an aromatic ring is 1. The van der Waals surface area contributed by atoms with Crippen LogP contribution in [0.25, 0.3) is 10.2 Å². The summed E-state index contributed by atoms with van der Waals surface area (Å²) in [5.41, 5.74) is 8.43. The molecule has 3 aromatic rings. The van der Waals surface area contributed by atoms with Crippen LogP contribution in [0.1, 0.15) is 20.9 Å². The number of thiophene rings is 1. The molecule has 21 heavy (non-hydrogen) atoms. The second-order valence-corrected chi connectivity index (χ2v) is 5.66. The van der Waals surface area contributed by atoms with Crippen LogP contribution < -0.4 is 11.1 Å². The van der Waals surface area contributed by atoms with Gasteiger partial charge in [-0.05, 0) is 30.7 Å². The lowest BCUT2D eigenvalue weighted by Crippen LogP contribution is -2.23. The number of pyridine rings is 2. The van der Waals surface area contributed by atoms with Crippen LogP contribution in [0.5, 0.6) is 0 Å². The molecule has 106 valence electrons. The number of carbonyl (C=O) groups excluding carboxylic acids is 1. The van der Waals surface area contributed by atoms with Crippen molar-refractivity contribution in [1.82, 2.24) is 15.3 Å². The first-order chi connectivity index (χ1) is 10.2. The normalized spacial score (nSPS) is 10.7. The topological polar surface area (TPSA) is 80.9 Å². The maximum absolute atomic E-state index is 12.3. The molecule has 0 aliphatic heterocycles. The summed E-state index contributed by atoms with van der Waals surface area (Å²) in [6.45, 7) is 2.34. The summed E-state index contributed by atoms with van der Waals surface area (Å²) in [5.74, 6) is -0.194. The van der Waals surface area contributed by atoms with E-state index in [0.717, 1.165) is 21.5 Å². The maximum Gasteiger partial charge on any atom is 0.263 e. The molecule has 0 aliphatic carbocycles. The van der Waals surface area contributed by atoms with Gasteiger partial charge >= 0.3 is 0 Å². The molecular weight excluding hydrogens is 284 g/mol. The minimum absolute atomic E-state index is 0.194. The van der Waals surface area contributed by atoms with E-state index in [2.05, 4.69) is 15.3 Å². The number of rotatable bonds is 3. The first-order valence-corrected chi connectivity index (χ1v) is 7.30. The molecule has 0 atom stereocenters. The average Bonchev–Trinajstić information content (AvgIpc) is 2.84. The van der Waals surface area contributed by atoms with Crippen molar-refractivity contribution in [2.24, 2.45) is 0 Å². The van der Waals surface area contributed by atoms with E-state index in [0.29, 0.717) is 17.1 Å². The van der Waals surface area contributed by atoms with Crippen molar-refractivity contribution in [3.8, 4) is 0 Å². The minimum atomic E-state index is -0.194. The van der Waals surface area contributed by atoms with Crippen LogP contribution in [0.2, 0.25) is 0 Å². The first-order valence-electron chi connectivity index (χ1n) is 6.48. The summed E-state index contributed by atoms with van der Waals surface area (Å²) < 4.78 is 0. The summed E-state index contributed by atoms with van der Waals surface area (Å²) in [6.07, 6.45) is 3.42. The van der Waals surface area contributed by atoms with Crippen molar-refractivity contribution in [1.29, 1.82) is 0 Å². The summed E-state index contributed by atoms with van der Waals surface area (Å²) >= 11 is 1.31. The largest absolute Gasteiger partial charge is 0.397 e.